The molecule has 0 radical (unpaired) electrons. The summed E-state index contributed by atoms with van der Waals surface area (Å²) in [7, 11) is 0. The molecule has 41 heavy (non-hydrogen) atoms. The third-order valence-corrected chi connectivity index (χ3v) is 9.95. The van der Waals surface area contributed by atoms with Crippen LogP contribution in [0.4, 0.5) is 0 Å². The second kappa shape index (κ2) is 13.3. The molecule has 224 valence electrons. The monoisotopic (exact) mass is 582 g/mol. The largest absolute Gasteiger partial charge is 0.458 e. The van der Waals surface area contributed by atoms with Crippen molar-refractivity contribution in [3.05, 3.63) is 57.6 Å². The van der Waals surface area contributed by atoms with E-state index < -0.39 is 35.6 Å². The van der Waals surface area contributed by atoms with Crippen molar-refractivity contribution < 1.29 is 24.5 Å². The lowest BCUT2D eigenvalue weighted by Crippen LogP contribution is -2.45. The number of ether oxygens (including phenoxy) is 1. The fraction of sp³-hybridized carbons (Fsp3) is 0.606. The Morgan fingerprint density at radius 1 is 1.15 bits per heavy atom. The van der Waals surface area contributed by atoms with E-state index in [1.165, 1.54) is 5.56 Å². The van der Waals surface area contributed by atoms with Crippen LogP contribution in [0.3, 0.4) is 0 Å². The van der Waals surface area contributed by atoms with Gasteiger partial charge in [-0.2, -0.15) is 0 Å². The molecule has 2 saturated heterocycles. The summed E-state index contributed by atoms with van der Waals surface area (Å²) in [5, 5.41) is 25.0. The number of aliphatic hydroxyl groups is 2. The van der Waals surface area contributed by atoms with Gasteiger partial charge in [-0.15, -0.1) is 11.3 Å². The summed E-state index contributed by atoms with van der Waals surface area (Å²) in [6.45, 7) is 11.8. The van der Waals surface area contributed by atoms with Gasteiger partial charge in [0, 0.05) is 36.3 Å². The summed E-state index contributed by atoms with van der Waals surface area (Å²) in [6, 6.07) is 11.0. The number of aliphatic hydroxyl groups excluding tert-OH is 2. The first-order valence-corrected chi connectivity index (χ1v) is 15.8. The molecule has 8 atom stereocenters. The van der Waals surface area contributed by atoms with Gasteiger partial charge >= 0.3 is 5.97 Å². The maximum atomic E-state index is 13.4. The van der Waals surface area contributed by atoms with Crippen molar-refractivity contribution in [2.75, 3.05) is 0 Å². The highest BCUT2D eigenvalue weighted by atomic mass is 32.1. The maximum absolute atomic E-state index is 13.4. The Balaban J connectivity index is 1.62. The van der Waals surface area contributed by atoms with Crippen LogP contribution >= 0.6 is 11.3 Å². The van der Waals surface area contributed by atoms with E-state index in [0.717, 1.165) is 42.1 Å². The number of rotatable bonds is 4. The molecular formula is C33H46N2O5S. The van der Waals surface area contributed by atoms with Gasteiger partial charge in [-0.25, -0.2) is 4.98 Å². The van der Waals surface area contributed by atoms with Crippen LogP contribution in [-0.4, -0.2) is 62.2 Å². The van der Waals surface area contributed by atoms with Gasteiger partial charge in [0.25, 0.3) is 0 Å². The molecule has 2 aliphatic heterocycles. The fourth-order valence-corrected chi connectivity index (χ4v) is 6.80. The van der Waals surface area contributed by atoms with Crippen LogP contribution in [0, 0.1) is 24.2 Å². The summed E-state index contributed by atoms with van der Waals surface area (Å²) >= 11 is 1.58. The van der Waals surface area contributed by atoms with E-state index in [9.17, 15) is 19.8 Å². The fourth-order valence-electron chi connectivity index (χ4n) is 6.23. The number of esters is 1. The summed E-state index contributed by atoms with van der Waals surface area (Å²) in [6.07, 6.45) is 2.52. The molecule has 0 saturated carbocycles. The minimum absolute atomic E-state index is 0.0565. The predicted molar refractivity (Wildman–Crippen MR) is 162 cm³/mol. The van der Waals surface area contributed by atoms with Gasteiger partial charge in [-0.05, 0) is 49.8 Å². The molecule has 0 bridgehead atoms. The molecule has 0 amide bonds. The Morgan fingerprint density at radius 2 is 1.85 bits per heavy atom. The summed E-state index contributed by atoms with van der Waals surface area (Å²) in [5.74, 6) is -1.49. The number of hydrogen-bond donors (Lipinski definition) is 2. The van der Waals surface area contributed by atoms with Gasteiger partial charge in [-0.3, -0.25) is 14.5 Å². The van der Waals surface area contributed by atoms with Crippen molar-refractivity contribution in [2.45, 2.75) is 111 Å². The Kier molecular flexibility index (Phi) is 10.2. The molecule has 3 heterocycles. The van der Waals surface area contributed by atoms with E-state index in [1.54, 1.807) is 32.1 Å². The number of Topliss-reactive ketones (excluding diaryl/α,β-unsaturated/α-hetero) is 1. The standard InChI is InChI=1S/C33H46N2O5S/c1-20-11-10-14-26-27(35(26)18-24-12-8-7-9-13-24)16-28(21(2)15-25-19-41-23(4)34-25)40-30(37)17-29(36)33(5,6)32(39)22(3)31(20)38/h7-9,12-13,15,19-20,22,26-29,31,36,38H,10-11,14,16-18H2,1-6H3/t20-,22+,26+,27+,28-,29-,31-,35?/m1/s1. The van der Waals surface area contributed by atoms with Gasteiger partial charge < -0.3 is 14.9 Å². The number of hydrogen-bond acceptors (Lipinski definition) is 8. The zero-order valence-corrected chi connectivity index (χ0v) is 26.1. The zero-order chi connectivity index (χ0) is 29.9. The van der Waals surface area contributed by atoms with Crippen molar-refractivity contribution in [3.63, 3.8) is 0 Å². The molecule has 8 heteroatoms. The smallest absolute Gasteiger partial charge is 0.309 e. The summed E-state index contributed by atoms with van der Waals surface area (Å²) in [5.41, 5.74) is 1.79. The van der Waals surface area contributed by atoms with Gasteiger partial charge in [0.15, 0.2) is 0 Å². The average Bonchev–Trinajstić information content (AvgIpc) is 3.38. The number of benzene rings is 1. The molecule has 1 aromatic heterocycles. The quantitative estimate of drug-likeness (QED) is 0.359. The molecule has 2 N–H and O–H groups in total. The molecule has 1 unspecified atom stereocenters. The minimum Gasteiger partial charge on any atom is -0.458 e. The predicted octanol–water partition coefficient (Wildman–Crippen LogP) is 5.57. The number of nitrogens with zero attached hydrogens (tertiary/aromatic N) is 2. The van der Waals surface area contributed by atoms with E-state index >= 15 is 0 Å². The van der Waals surface area contributed by atoms with E-state index in [1.807, 2.05) is 38.3 Å². The Labute approximate surface area is 248 Å². The van der Waals surface area contributed by atoms with Crippen LogP contribution in [0.2, 0.25) is 0 Å². The first-order chi connectivity index (χ1) is 19.4. The maximum Gasteiger partial charge on any atom is 0.309 e. The van der Waals surface area contributed by atoms with Gasteiger partial charge in [-0.1, -0.05) is 64.4 Å². The summed E-state index contributed by atoms with van der Waals surface area (Å²) < 4.78 is 6.07. The lowest BCUT2D eigenvalue weighted by atomic mass is 9.73. The Morgan fingerprint density at radius 3 is 2.51 bits per heavy atom. The third-order valence-electron chi connectivity index (χ3n) is 9.16. The van der Waals surface area contributed by atoms with Crippen LogP contribution < -0.4 is 0 Å². The van der Waals surface area contributed by atoms with Gasteiger partial charge in [0.2, 0.25) is 0 Å². The number of ketones is 1. The van der Waals surface area contributed by atoms with Crippen molar-refractivity contribution in [1.29, 1.82) is 0 Å². The molecule has 7 nitrogen and oxygen atoms in total. The number of carbonyl (C=O) groups is 2. The van der Waals surface area contributed by atoms with E-state index in [4.69, 9.17) is 4.74 Å². The van der Waals surface area contributed by atoms with Crippen LogP contribution in [0.5, 0.6) is 0 Å². The normalized spacial score (nSPS) is 33.6. The molecule has 2 aromatic rings. The minimum atomic E-state index is -1.23. The number of aromatic nitrogens is 1. The van der Waals surface area contributed by atoms with Crippen molar-refractivity contribution in [2.24, 2.45) is 17.3 Å². The number of cyclic esters (lactones) is 1. The van der Waals surface area contributed by atoms with E-state index in [-0.39, 0.29) is 24.2 Å². The molecule has 0 aliphatic carbocycles. The Hall–Kier alpha value is -2.39. The SMILES string of the molecule is CC(=Cc1csc(C)n1)[C@H]1C[C@H]2[C@H](CCC[C@@H](C)[C@@H](O)[C@H](C)C(=O)C(C)(C)[C@H](O)CC(=O)O1)N2Cc1ccccc1. The lowest BCUT2D eigenvalue weighted by molar-refractivity contribution is -0.154. The lowest BCUT2D eigenvalue weighted by Gasteiger charge is -2.34. The van der Waals surface area contributed by atoms with Crippen molar-refractivity contribution in [3.8, 4) is 0 Å². The highest BCUT2D eigenvalue weighted by Gasteiger charge is 2.48. The van der Waals surface area contributed by atoms with Crippen LogP contribution in [0.25, 0.3) is 6.08 Å². The first kappa shape index (κ1) is 31.5. The number of fused-ring (bicyclic) bond motifs is 1. The molecule has 0 spiro atoms. The number of carbonyl (C=O) groups excluding carboxylic acids is 2. The van der Waals surface area contributed by atoms with Crippen molar-refractivity contribution >= 4 is 29.2 Å². The molecule has 2 fully saturated rings. The highest BCUT2D eigenvalue weighted by molar-refractivity contribution is 7.09. The molecule has 1 aromatic carbocycles. The van der Waals surface area contributed by atoms with Crippen LogP contribution in [-0.2, 0) is 20.9 Å². The van der Waals surface area contributed by atoms with E-state index in [2.05, 4.69) is 34.1 Å². The topological polar surface area (TPSA) is 99.7 Å². The average molecular weight is 583 g/mol. The molecule has 4 rings (SSSR count). The highest BCUT2D eigenvalue weighted by Crippen LogP contribution is 2.40. The first-order valence-electron chi connectivity index (χ1n) is 14.9. The zero-order valence-electron chi connectivity index (χ0n) is 25.2. The van der Waals surface area contributed by atoms with E-state index in [0.29, 0.717) is 12.5 Å². The Bertz CT molecular complexity index is 1230. The van der Waals surface area contributed by atoms with Crippen LogP contribution in [0.15, 0.2) is 41.3 Å². The van der Waals surface area contributed by atoms with Crippen molar-refractivity contribution in [1.82, 2.24) is 9.88 Å². The van der Waals surface area contributed by atoms with Gasteiger partial charge in [0.1, 0.15) is 11.9 Å². The van der Waals surface area contributed by atoms with Crippen LogP contribution in [0.1, 0.15) is 83.0 Å². The van der Waals surface area contributed by atoms with Gasteiger partial charge in [0.05, 0.1) is 34.7 Å². The number of thiazole rings is 1. The molecular weight excluding hydrogens is 536 g/mol. The second-order valence-electron chi connectivity index (χ2n) is 12.7. The number of aryl methyl sites for hydroxylation is 1. The molecule has 2 aliphatic rings. The summed E-state index contributed by atoms with van der Waals surface area (Å²) in [4.78, 5) is 33.7. The third kappa shape index (κ3) is 7.72. The second-order valence-corrected chi connectivity index (χ2v) is 13.7.